The number of hydrogen-bond acceptors (Lipinski definition) is 9. The van der Waals surface area contributed by atoms with Gasteiger partial charge in [0, 0.05) is 40.9 Å². The van der Waals surface area contributed by atoms with E-state index in [2.05, 4.69) is 5.16 Å². The Bertz CT molecular complexity index is 1600. The zero-order valence-electron chi connectivity index (χ0n) is 22.0. The van der Waals surface area contributed by atoms with Crippen molar-refractivity contribution in [1.29, 1.82) is 0 Å². The highest BCUT2D eigenvalue weighted by atomic mass is 32.2. The van der Waals surface area contributed by atoms with Crippen molar-refractivity contribution in [1.82, 2.24) is 15.5 Å². The summed E-state index contributed by atoms with van der Waals surface area (Å²) in [4.78, 5) is 28.2. The monoisotopic (exact) mass is 595 g/mol. The van der Waals surface area contributed by atoms with Crippen molar-refractivity contribution in [2.45, 2.75) is 30.1 Å². The molecule has 1 saturated heterocycles. The molecule has 5 rings (SSSR count). The van der Waals surface area contributed by atoms with Crippen molar-refractivity contribution in [3.05, 3.63) is 89.5 Å². The van der Waals surface area contributed by atoms with Crippen LogP contribution in [0.4, 0.5) is 0 Å². The Hall–Kier alpha value is -3.84. The third kappa shape index (κ3) is 5.96. The molecule has 0 spiro atoms. The second-order valence-electron chi connectivity index (χ2n) is 9.93. The first-order valence-corrected chi connectivity index (χ1v) is 15.5. The minimum Gasteiger partial charge on any atom is -0.383 e. The highest BCUT2D eigenvalue weighted by Gasteiger charge is 2.50. The molecule has 214 valence electrons. The summed E-state index contributed by atoms with van der Waals surface area (Å²) < 4.78 is 31.0. The standard InChI is InChI=1S/C29H29N3O7S2/c33-24(18-20-4-2-1-3-5-20)28(35)32-14-13-29(19-27(34)30-36,41(37,38)17-15-32)26-11-10-25(40-26)22-8-6-21(7-9-22)23-12-16-39-31-23/h1-12,16,24,33,36H,13-15,17-19H2,(H,30,34)/t24-,29?/m0/s1. The molecule has 0 bridgehead atoms. The Morgan fingerprint density at radius 3 is 2.44 bits per heavy atom. The lowest BCUT2D eigenvalue weighted by Crippen LogP contribution is -2.42. The van der Waals surface area contributed by atoms with Gasteiger partial charge < -0.3 is 14.5 Å². The molecule has 1 unspecified atom stereocenters. The number of aliphatic hydroxyl groups excluding tert-OH is 1. The molecule has 2 aromatic heterocycles. The van der Waals surface area contributed by atoms with Gasteiger partial charge in [-0.2, -0.15) is 0 Å². The predicted octanol–water partition coefficient (Wildman–Crippen LogP) is 3.41. The molecule has 1 fully saturated rings. The number of hydroxylamine groups is 1. The van der Waals surface area contributed by atoms with Crippen molar-refractivity contribution in [3.63, 3.8) is 0 Å². The fraction of sp³-hybridized carbons (Fsp3) is 0.276. The Kier molecular flexibility index (Phi) is 8.36. The molecule has 2 atom stereocenters. The van der Waals surface area contributed by atoms with Crippen LogP contribution in [-0.2, 0) is 30.6 Å². The number of hydrogen-bond donors (Lipinski definition) is 3. The van der Waals surface area contributed by atoms with Crippen LogP contribution in [0.1, 0.15) is 23.3 Å². The van der Waals surface area contributed by atoms with E-state index in [9.17, 15) is 28.3 Å². The van der Waals surface area contributed by atoms with E-state index in [-0.39, 0.29) is 25.9 Å². The summed E-state index contributed by atoms with van der Waals surface area (Å²) in [6, 6.07) is 21.9. The first-order chi connectivity index (χ1) is 19.7. The number of aliphatic hydroxyl groups is 1. The SMILES string of the molecule is O=C(CC1(c2ccc(-c3ccc(-c4ccon4)cc3)s2)CCN(C(=O)[C@@H](O)Cc2ccccc2)CCS1(=O)=O)NO. The molecule has 10 nitrogen and oxygen atoms in total. The van der Waals surface area contributed by atoms with Gasteiger partial charge in [-0.1, -0.05) is 59.8 Å². The second-order valence-corrected chi connectivity index (χ2v) is 13.4. The maximum atomic E-state index is 13.9. The molecule has 3 heterocycles. The van der Waals surface area contributed by atoms with Crippen LogP contribution in [0, 0.1) is 0 Å². The molecule has 0 radical (unpaired) electrons. The maximum absolute atomic E-state index is 13.9. The lowest BCUT2D eigenvalue weighted by Gasteiger charge is -2.30. The minimum atomic E-state index is -3.99. The summed E-state index contributed by atoms with van der Waals surface area (Å²) in [6.45, 7) is -0.0977. The number of rotatable bonds is 8. The third-order valence-electron chi connectivity index (χ3n) is 7.41. The van der Waals surface area contributed by atoms with E-state index >= 15 is 0 Å². The quantitative estimate of drug-likeness (QED) is 0.207. The van der Waals surface area contributed by atoms with Crippen LogP contribution in [-0.4, -0.2) is 65.5 Å². The minimum absolute atomic E-state index is 0.0161. The topological polar surface area (TPSA) is 150 Å². The molecule has 0 aliphatic carbocycles. The van der Waals surface area contributed by atoms with Crippen LogP contribution in [0.5, 0.6) is 0 Å². The van der Waals surface area contributed by atoms with Gasteiger partial charge in [0.1, 0.15) is 22.8 Å². The van der Waals surface area contributed by atoms with E-state index in [1.54, 1.807) is 35.8 Å². The van der Waals surface area contributed by atoms with Crippen LogP contribution in [0.15, 0.2) is 83.6 Å². The van der Waals surface area contributed by atoms with Gasteiger partial charge in [0.2, 0.25) is 5.91 Å². The van der Waals surface area contributed by atoms with Gasteiger partial charge in [0.15, 0.2) is 9.84 Å². The van der Waals surface area contributed by atoms with Crippen molar-refractivity contribution >= 4 is 33.0 Å². The summed E-state index contributed by atoms with van der Waals surface area (Å²) >= 11 is 1.25. The van der Waals surface area contributed by atoms with E-state index in [0.717, 1.165) is 21.6 Å². The molecular formula is C29H29N3O7S2. The van der Waals surface area contributed by atoms with Gasteiger partial charge in [0.25, 0.3) is 5.91 Å². The normalized spacial score (nSPS) is 19.3. The number of nitrogens with one attached hydrogen (secondary N) is 1. The molecule has 41 heavy (non-hydrogen) atoms. The van der Waals surface area contributed by atoms with E-state index in [4.69, 9.17) is 4.52 Å². The summed E-state index contributed by atoms with van der Waals surface area (Å²) in [7, 11) is -3.99. The number of carbonyl (C=O) groups is 2. The highest BCUT2D eigenvalue weighted by molar-refractivity contribution is 7.92. The van der Waals surface area contributed by atoms with Crippen LogP contribution >= 0.6 is 11.3 Å². The van der Waals surface area contributed by atoms with Crippen molar-refractivity contribution in [3.8, 4) is 21.7 Å². The van der Waals surface area contributed by atoms with Crippen LogP contribution in [0.25, 0.3) is 21.7 Å². The average Bonchev–Trinajstić information content (AvgIpc) is 3.68. The zero-order valence-corrected chi connectivity index (χ0v) is 23.6. The van der Waals surface area contributed by atoms with Crippen LogP contribution in [0.3, 0.4) is 0 Å². The fourth-order valence-electron chi connectivity index (χ4n) is 5.13. The van der Waals surface area contributed by atoms with E-state index in [0.29, 0.717) is 10.6 Å². The Morgan fingerprint density at radius 2 is 1.76 bits per heavy atom. The predicted molar refractivity (Wildman–Crippen MR) is 153 cm³/mol. The lowest BCUT2D eigenvalue weighted by molar-refractivity contribution is -0.139. The summed E-state index contributed by atoms with van der Waals surface area (Å²) in [6.07, 6.45) is -0.321. The van der Waals surface area contributed by atoms with Crippen molar-refractivity contribution in [2.24, 2.45) is 0 Å². The molecule has 1 aliphatic heterocycles. The Morgan fingerprint density at radius 1 is 1.02 bits per heavy atom. The van der Waals surface area contributed by atoms with E-state index in [1.165, 1.54) is 22.5 Å². The Labute approximate surface area is 241 Å². The number of amides is 2. The molecule has 3 N–H and O–H groups in total. The van der Waals surface area contributed by atoms with Crippen LogP contribution in [0.2, 0.25) is 0 Å². The number of aromatic nitrogens is 1. The molecular weight excluding hydrogens is 566 g/mol. The van der Waals surface area contributed by atoms with Crippen molar-refractivity contribution < 1.29 is 32.8 Å². The van der Waals surface area contributed by atoms with Crippen LogP contribution < -0.4 is 5.48 Å². The lowest BCUT2D eigenvalue weighted by atomic mass is 9.97. The first kappa shape index (κ1) is 28.7. The number of benzene rings is 2. The average molecular weight is 596 g/mol. The molecule has 4 aromatic rings. The van der Waals surface area contributed by atoms with Gasteiger partial charge in [-0.05, 0) is 29.7 Å². The summed E-state index contributed by atoms with van der Waals surface area (Å²) in [5.41, 5.74) is 4.75. The second kappa shape index (κ2) is 12.0. The zero-order chi connectivity index (χ0) is 29.0. The molecule has 1 aliphatic rings. The molecule has 12 heteroatoms. The summed E-state index contributed by atoms with van der Waals surface area (Å²) in [5.74, 6) is -1.80. The Balaban J connectivity index is 1.42. The van der Waals surface area contributed by atoms with Gasteiger partial charge >= 0.3 is 0 Å². The van der Waals surface area contributed by atoms with Gasteiger partial charge in [-0.15, -0.1) is 11.3 Å². The third-order valence-corrected chi connectivity index (χ3v) is 11.4. The highest BCUT2D eigenvalue weighted by Crippen LogP contribution is 2.45. The van der Waals surface area contributed by atoms with Gasteiger partial charge in [-0.25, -0.2) is 13.9 Å². The van der Waals surface area contributed by atoms with E-state index in [1.807, 2.05) is 42.5 Å². The molecule has 2 amide bonds. The smallest absolute Gasteiger partial charge is 0.251 e. The summed E-state index contributed by atoms with van der Waals surface area (Å²) in [5, 5.41) is 23.9. The first-order valence-electron chi connectivity index (χ1n) is 13.0. The largest absolute Gasteiger partial charge is 0.383 e. The fourth-order valence-corrected chi connectivity index (χ4v) is 8.74. The maximum Gasteiger partial charge on any atom is 0.251 e. The number of thiophene rings is 1. The molecule has 2 aromatic carbocycles. The van der Waals surface area contributed by atoms with Gasteiger partial charge in [-0.3, -0.25) is 14.8 Å². The number of sulfone groups is 1. The number of carbonyl (C=O) groups excluding carboxylic acids is 2. The number of nitrogens with zero attached hydrogens (tertiary/aromatic N) is 2. The molecule has 0 saturated carbocycles. The van der Waals surface area contributed by atoms with Crippen molar-refractivity contribution in [2.75, 3.05) is 18.8 Å². The van der Waals surface area contributed by atoms with E-state index < -0.39 is 44.7 Å². The van der Waals surface area contributed by atoms with Gasteiger partial charge in [0.05, 0.1) is 12.2 Å².